The number of rotatable bonds is 7. The van der Waals surface area contributed by atoms with E-state index in [-0.39, 0.29) is 0 Å². The SMILES string of the molecule is c1ccc(CCNCCCn2cccn2)cc1. The standard InChI is InChI=1S/C14H19N3/c1-2-6-14(7-3-1)8-11-15-9-4-12-17-13-5-10-16-17/h1-3,5-7,10,13,15H,4,8-9,11-12H2. The van der Waals surface area contributed by atoms with Gasteiger partial charge in [0.2, 0.25) is 0 Å². The molecule has 0 amide bonds. The quantitative estimate of drug-likeness (QED) is 0.737. The number of aryl methyl sites for hydroxylation is 1. The lowest BCUT2D eigenvalue weighted by molar-refractivity contribution is 0.544. The van der Waals surface area contributed by atoms with E-state index >= 15 is 0 Å². The molecule has 0 aliphatic heterocycles. The fourth-order valence-corrected chi connectivity index (χ4v) is 1.80. The van der Waals surface area contributed by atoms with Gasteiger partial charge in [-0.05, 0) is 37.6 Å². The van der Waals surface area contributed by atoms with Crippen LogP contribution >= 0.6 is 0 Å². The van der Waals surface area contributed by atoms with E-state index in [0.717, 1.165) is 32.5 Å². The molecule has 17 heavy (non-hydrogen) atoms. The third-order valence-corrected chi connectivity index (χ3v) is 2.73. The van der Waals surface area contributed by atoms with Crippen LogP contribution < -0.4 is 5.32 Å². The van der Waals surface area contributed by atoms with Gasteiger partial charge in [-0.1, -0.05) is 30.3 Å². The van der Waals surface area contributed by atoms with Crippen LogP contribution in [0.1, 0.15) is 12.0 Å². The Morgan fingerprint density at radius 1 is 1.06 bits per heavy atom. The van der Waals surface area contributed by atoms with E-state index in [1.807, 2.05) is 23.1 Å². The lowest BCUT2D eigenvalue weighted by Gasteiger charge is -2.05. The van der Waals surface area contributed by atoms with Crippen molar-refractivity contribution in [2.75, 3.05) is 13.1 Å². The third-order valence-electron chi connectivity index (χ3n) is 2.73. The molecule has 2 rings (SSSR count). The highest BCUT2D eigenvalue weighted by molar-refractivity contribution is 5.14. The van der Waals surface area contributed by atoms with E-state index in [1.54, 1.807) is 0 Å². The van der Waals surface area contributed by atoms with Gasteiger partial charge in [0.25, 0.3) is 0 Å². The summed E-state index contributed by atoms with van der Waals surface area (Å²) in [6, 6.07) is 12.5. The molecule has 2 aromatic rings. The van der Waals surface area contributed by atoms with E-state index in [1.165, 1.54) is 5.56 Å². The largest absolute Gasteiger partial charge is 0.316 e. The zero-order valence-corrected chi connectivity index (χ0v) is 10.0. The monoisotopic (exact) mass is 229 g/mol. The topological polar surface area (TPSA) is 29.9 Å². The maximum Gasteiger partial charge on any atom is 0.0489 e. The number of hydrogen-bond acceptors (Lipinski definition) is 2. The summed E-state index contributed by atoms with van der Waals surface area (Å²) in [6.45, 7) is 3.08. The maximum absolute atomic E-state index is 4.17. The summed E-state index contributed by atoms with van der Waals surface area (Å²) in [5, 5.41) is 7.63. The van der Waals surface area contributed by atoms with Crippen LogP contribution in [-0.4, -0.2) is 22.9 Å². The second kappa shape index (κ2) is 6.86. The zero-order valence-electron chi connectivity index (χ0n) is 10.0. The average Bonchev–Trinajstić information content (AvgIpc) is 2.88. The minimum atomic E-state index is 0.991. The summed E-state index contributed by atoms with van der Waals surface area (Å²) in [4.78, 5) is 0. The minimum absolute atomic E-state index is 0.991. The molecule has 3 nitrogen and oxygen atoms in total. The lowest BCUT2D eigenvalue weighted by atomic mass is 10.1. The van der Waals surface area contributed by atoms with Gasteiger partial charge in [0.15, 0.2) is 0 Å². The van der Waals surface area contributed by atoms with E-state index < -0.39 is 0 Å². The Bertz CT molecular complexity index is 395. The van der Waals surface area contributed by atoms with Gasteiger partial charge in [-0.3, -0.25) is 4.68 Å². The van der Waals surface area contributed by atoms with Crippen LogP contribution in [-0.2, 0) is 13.0 Å². The predicted octanol–water partition coefficient (Wildman–Crippen LogP) is 2.11. The van der Waals surface area contributed by atoms with Gasteiger partial charge in [0.05, 0.1) is 0 Å². The van der Waals surface area contributed by atoms with Crippen LogP contribution in [0.15, 0.2) is 48.8 Å². The molecule has 0 atom stereocenters. The Kier molecular flexibility index (Phi) is 4.79. The summed E-state index contributed by atoms with van der Waals surface area (Å²) in [5.74, 6) is 0. The molecule has 1 N–H and O–H groups in total. The van der Waals surface area contributed by atoms with E-state index in [9.17, 15) is 0 Å². The molecule has 0 saturated heterocycles. The molecule has 0 unspecified atom stereocenters. The fourth-order valence-electron chi connectivity index (χ4n) is 1.80. The van der Waals surface area contributed by atoms with Crippen LogP contribution in [0.3, 0.4) is 0 Å². The molecule has 0 aliphatic rings. The van der Waals surface area contributed by atoms with Gasteiger partial charge in [0, 0.05) is 18.9 Å². The number of aromatic nitrogens is 2. The van der Waals surface area contributed by atoms with Crippen molar-refractivity contribution in [3.05, 3.63) is 54.4 Å². The minimum Gasteiger partial charge on any atom is -0.316 e. The number of hydrogen-bond donors (Lipinski definition) is 1. The van der Waals surface area contributed by atoms with E-state index in [0.29, 0.717) is 0 Å². The molecule has 1 aromatic carbocycles. The van der Waals surface area contributed by atoms with Crippen LogP contribution in [0.5, 0.6) is 0 Å². The normalized spacial score (nSPS) is 10.6. The van der Waals surface area contributed by atoms with Crippen molar-refractivity contribution in [3.63, 3.8) is 0 Å². The second-order valence-corrected chi connectivity index (χ2v) is 4.11. The van der Waals surface area contributed by atoms with Gasteiger partial charge in [-0.2, -0.15) is 5.10 Å². The summed E-state index contributed by atoms with van der Waals surface area (Å²) in [6.07, 6.45) is 6.05. The molecule has 0 spiro atoms. The summed E-state index contributed by atoms with van der Waals surface area (Å²) in [7, 11) is 0. The Labute approximate surface area is 102 Å². The summed E-state index contributed by atoms with van der Waals surface area (Å²) < 4.78 is 1.97. The fraction of sp³-hybridized carbons (Fsp3) is 0.357. The van der Waals surface area contributed by atoms with E-state index in [2.05, 4.69) is 40.7 Å². The highest BCUT2D eigenvalue weighted by atomic mass is 15.3. The first-order chi connectivity index (χ1) is 8.45. The summed E-state index contributed by atoms with van der Waals surface area (Å²) in [5.41, 5.74) is 1.40. The Balaban J connectivity index is 1.52. The summed E-state index contributed by atoms with van der Waals surface area (Å²) >= 11 is 0. The van der Waals surface area contributed by atoms with Gasteiger partial charge >= 0.3 is 0 Å². The molecule has 3 heteroatoms. The van der Waals surface area contributed by atoms with Crippen molar-refractivity contribution in [1.29, 1.82) is 0 Å². The Hall–Kier alpha value is -1.61. The highest BCUT2D eigenvalue weighted by Gasteiger charge is 1.93. The maximum atomic E-state index is 4.17. The molecule has 0 aliphatic carbocycles. The molecule has 1 aromatic heterocycles. The van der Waals surface area contributed by atoms with Crippen LogP contribution in [0.2, 0.25) is 0 Å². The highest BCUT2D eigenvalue weighted by Crippen LogP contribution is 1.98. The van der Waals surface area contributed by atoms with Crippen LogP contribution in [0.4, 0.5) is 0 Å². The van der Waals surface area contributed by atoms with Crippen LogP contribution in [0.25, 0.3) is 0 Å². The molecule has 0 radical (unpaired) electrons. The smallest absolute Gasteiger partial charge is 0.0489 e. The van der Waals surface area contributed by atoms with Crippen LogP contribution in [0, 0.1) is 0 Å². The van der Waals surface area contributed by atoms with Gasteiger partial charge in [0.1, 0.15) is 0 Å². The Morgan fingerprint density at radius 2 is 1.94 bits per heavy atom. The van der Waals surface area contributed by atoms with Crippen molar-refractivity contribution < 1.29 is 0 Å². The third kappa shape index (κ3) is 4.41. The number of benzene rings is 1. The lowest BCUT2D eigenvalue weighted by Crippen LogP contribution is -2.19. The first-order valence-corrected chi connectivity index (χ1v) is 6.17. The second-order valence-electron chi connectivity index (χ2n) is 4.11. The molecular formula is C14H19N3. The van der Waals surface area contributed by atoms with Gasteiger partial charge in [-0.25, -0.2) is 0 Å². The van der Waals surface area contributed by atoms with Crippen molar-refractivity contribution in [1.82, 2.24) is 15.1 Å². The van der Waals surface area contributed by atoms with Crippen molar-refractivity contribution >= 4 is 0 Å². The number of nitrogens with one attached hydrogen (secondary N) is 1. The zero-order chi connectivity index (χ0) is 11.8. The predicted molar refractivity (Wildman–Crippen MR) is 69.9 cm³/mol. The molecule has 90 valence electrons. The molecule has 0 saturated carbocycles. The van der Waals surface area contributed by atoms with Crippen molar-refractivity contribution in [2.24, 2.45) is 0 Å². The van der Waals surface area contributed by atoms with E-state index in [4.69, 9.17) is 0 Å². The van der Waals surface area contributed by atoms with Gasteiger partial charge < -0.3 is 5.32 Å². The van der Waals surface area contributed by atoms with Crippen molar-refractivity contribution in [2.45, 2.75) is 19.4 Å². The molecule has 1 heterocycles. The first kappa shape index (κ1) is 11.9. The average molecular weight is 229 g/mol. The van der Waals surface area contributed by atoms with Crippen molar-refractivity contribution in [3.8, 4) is 0 Å². The molecule has 0 bridgehead atoms. The van der Waals surface area contributed by atoms with Gasteiger partial charge in [-0.15, -0.1) is 0 Å². The Morgan fingerprint density at radius 3 is 2.71 bits per heavy atom. The number of nitrogens with zero attached hydrogens (tertiary/aromatic N) is 2. The molecular weight excluding hydrogens is 210 g/mol. The molecule has 0 fully saturated rings. The first-order valence-electron chi connectivity index (χ1n) is 6.17.